The Bertz CT molecular complexity index is 457. The number of anilines is 1. The van der Waals surface area contributed by atoms with Crippen LogP contribution in [0.15, 0.2) is 18.5 Å². The van der Waals surface area contributed by atoms with Crippen molar-refractivity contribution >= 4 is 17.5 Å². The number of nitrogens with two attached hydrogens (primary N) is 1. The fraction of sp³-hybridized carbons (Fsp3) is 0.417. The highest BCUT2D eigenvalue weighted by Gasteiger charge is 2.28. The lowest BCUT2D eigenvalue weighted by Crippen LogP contribution is -2.53. The van der Waals surface area contributed by atoms with Crippen LogP contribution in [0.25, 0.3) is 0 Å². The molecular formula is C12H18N4O2. The third kappa shape index (κ3) is 3.19. The molecule has 0 saturated heterocycles. The van der Waals surface area contributed by atoms with E-state index in [9.17, 15) is 9.59 Å². The van der Waals surface area contributed by atoms with Crippen LogP contribution in [0, 0.1) is 0 Å². The Morgan fingerprint density at radius 1 is 1.44 bits per heavy atom. The molecule has 0 aromatic carbocycles. The van der Waals surface area contributed by atoms with E-state index >= 15 is 0 Å². The first-order valence-corrected chi connectivity index (χ1v) is 5.68. The van der Waals surface area contributed by atoms with Gasteiger partial charge in [0.1, 0.15) is 5.54 Å². The minimum atomic E-state index is -1.10. The van der Waals surface area contributed by atoms with Gasteiger partial charge in [-0.2, -0.15) is 0 Å². The number of amides is 2. The molecule has 2 amide bonds. The van der Waals surface area contributed by atoms with E-state index < -0.39 is 11.4 Å². The fourth-order valence-electron chi connectivity index (χ4n) is 1.33. The van der Waals surface area contributed by atoms with Crippen LogP contribution >= 0.6 is 0 Å². The Balaban J connectivity index is 2.94. The molecule has 18 heavy (non-hydrogen) atoms. The summed E-state index contributed by atoms with van der Waals surface area (Å²) >= 11 is 0. The molecule has 0 radical (unpaired) electrons. The molecule has 0 fully saturated rings. The number of nitrogens with one attached hydrogen (secondary N) is 2. The number of primary amides is 1. The average molecular weight is 250 g/mol. The Kier molecular flexibility index (Phi) is 4.25. The summed E-state index contributed by atoms with van der Waals surface area (Å²) < 4.78 is 0. The standard InChI is InChI=1S/C12H18N4O2/c1-4-15-9-5-6-14-7-8(9)10(17)16-12(2,3)11(13)18/h5-7H,4H2,1-3H3,(H2,13,18)(H,14,15)(H,16,17). The molecule has 0 aliphatic carbocycles. The van der Waals surface area contributed by atoms with E-state index in [1.807, 2.05) is 6.92 Å². The van der Waals surface area contributed by atoms with Gasteiger partial charge >= 0.3 is 0 Å². The maximum Gasteiger partial charge on any atom is 0.255 e. The van der Waals surface area contributed by atoms with Crippen molar-refractivity contribution in [2.45, 2.75) is 26.3 Å². The second kappa shape index (κ2) is 5.48. The predicted molar refractivity (Wildman–Crippen MR) is 69.1 cm³/mol. The molecule has 0 spiro atoms. The largest absolute Gasteiger partial charge is 0.385 e. The SMILES string of the molecule is CCNc1ccncc1C(=O)NC(C)(C)C(N)=O. The van der Waals surface area contributed by atoms with Crippen molar-refractivity contribution in [1.29, 1.82) is 0 Å². The molecule has 0 saturated carbocycles. The molecule has 0 aliphatic heterocycles. The van der Waals surface area contributed by atoms with E-state index in [4.69, 9.17) is 5.73 Å². The first-order chi connectivity index (χ1) is 8.38. The van der Waals surface area contributed by atoms with Gasteiger partial charge in [-0.15, -0.1) is 0 Å². The van der Waals surface area contributed by atoms with Gasteiger partial charge in [-0.05, 0) is 26.8 Å². The lowest BCUT2D eigenvalue weighted by molar-refractivity contribution is -0.122. The van der Waals surface area contributed by atoms with Crippen molar-refractivity contribution in [2.24, 2.45) is 5.73 Å². The van der Waals surface area contributed by atoms with Gasteiger partial charge in [-0.3, -0.25) is 14.6 Å². The monoisotopic (exact) mass is 250 g/mol. The maximum absolute atomic E-state index is 12.1. The van der Waals surface area contributed by atoms with Crippen LogP contribution in [0.2, 0.25) is 0 Å². The summed E-state index contributed by atoms with van der Waals surface area (Å²) in [7, 11) is 0. The van der Waals surface area contributed by atoms with Crippen molar-refractivity contribution in [3.05, 3.63) is 24.0 Å². The molecule has 0 atom stereocenters. The van der Waals surface area contributed by atoms with E-state index in [1.165, 1.54) is 6.20 Å². The van der Waals surface area contributed by atoms with Crippen LogP contribution < -0.4 is 16.4 Å². The Morgan fingerprint density at radius 2 is 2.11 bits per heavy atom. The summed E-state index contributed by atoms with van der Waals surface area (Å²) in [4.78, 5) is 27.1. The highest BCUT2D eigenvalue weighted by atomic mass is 16.2. The molecule has 98 valence electrons. The van der Waals surface area contributed by atoms with E-state index in [1.54, 1.807) is 26.1 Å². The van der Waals surface area contributed by atoms with E-state index in [0.29, 0.717) is 17.8 Å². The van der Waals surface area contributed by atoms with Crippen molar-refractivity contribution < 1.29 is 9.59 Å². The minimum absolute atomic E-state index is 0.383. The third-order valence-corrected chi connectivity index (χ3v) is 2.47. The Hall–Kier alpha value is -2.11. The molecule has 1 rings (SSSR count). The maximum atomic E-state index is 12.1. The van der Waals surface area contributed by atoms with Crippen molar-refractivity contribution in [2.75, 3.05) is 11.9 Å². The zero-order valence-electron chi connectivity index (χ0n) is 10.8. The first kappa shape index (κ1) is 14.0. The number of rotatable bonds is 5. The first-order valence-electron chi connectivity index (χ1n) is 5.68. The number of aromatic nitrogens is 1. The molecule has 4 N–H and O–H groups in total. The number of pyridine rings is 1. The van der Waals surface area contributed by atoms with Gasteiger partial charge in [0.25, 0.3) is 5.91 Å². The van der Waals surface area contributed by atoms with Crippen LogP contribution in [0.5, 0.6) is 0 Å². The highest BCUT2D eigenvalue weighted by molar-refractivity contribution is 6.02. The molecule has 0 unspecified atom stereocenters. The number of nitrogens with zero attached hydrogens (tertiary/aromatic N) is 1. The predicted octanol–water partition coefficient (Wildman–Crippen LogP) is 0.507. The number of hydrogen-bond donors (Lipinski definition) is 3. The normalized spacial score (nSPS) is 10.8. The van der Waals surface area contributed by atoms with Crippen molar-refractivity contribution in [1.82, 2.24) is 10.3 Å². The van der Waals surface area contributed by atoms with Gasteiger partial charge in [-0.25, -0.2) is 0 Å². The average Bonchev–Trinajstić information content (AvgIpc) is 2.29. The smallest absolute Gasteiger partial charge is 0.255 e. The summed E-state index contributed by atoms with van der Waals surface area (Å²) in [6.07, 6.45) is 3.04. The zero-order valence-corrected chi connectivity index (χ0v) is 10.8. The zero-order chi connectivity index (χ0) is 13.8. The third-order valence-electron chi connectivity index (χ3n) is 2.47. The van der Waals surface area contributed by atoms with E-state index in [2.05, 4.69) is 15.6 Å². The number of carbonyl (C=O) groups excluding carboxylic acids is 2. The van der Waals surface area contributed by atoms with Gasteiger partial charge < -0.3 is 16.4 Å². The van der Waals surface area contributed by atoms with Crippen LogP contribution in [-0.2, 0) is 4.79 Å². The molecule has 6 nitrogen and oxygen atoms in total. The summed E-state index contributed by atoms with van der Waals surface area (Å²) in [5.74, 6) is -0.979. The van der Waals surface area contributed by atoms with E-state index in [-0.39, 0.29) is 5.91 Å². The number of carbonyl (C=O) groups is 2. The summed E-state index contributed by atoms with van der Waals surface area (Å²) in [5.41, 5.74) is 5.16. The lowest BCUT2D eigenvalue weighted by atomic mass is 10.0. The van der Waals surface area contributed by atoms with Gasteiger partial charge in [-0.1, -0.05) is 0 Å². The molecule has 1 heterocycles. The quantitative estimate of drug-likeness (QED) is 0.709. The van der Waals surface area contributed by atoms with Crippen LogP contribution in [0.4, 0.5) is 5.69 Å². The van der Waals surface area contributed by atoms with Gasteiger partial charge in [0.15, 0.2) is 0 Å². The van der Waals surface area contributed by atoms with E-state index in [0.717, 1.165) is 0 Å². The summed E-state index contributed by atoms with van der Waals surface area (Å²) in [5, 5.41) is 5.63. The summed E-state index contributed by atoms with van der Waals surface area (Å²) in [6, 6.07) is 1.70. The molecular weight excluding hydrogens is 232 g/mol. The second-order valence-electron chi connectivity index (χ2n) is 4.39. The summed E-state index contributed by atoms with van der Waals surface area (Å²) in [6.45, 7) is 5.71. The van der Waals surface area contributed by atoms with Gasteiger partial charge in [0, 0.05) is 18.9 Å². The van der Waals surface area contributed by atoms with Crippen LogP contribution in [-0.4, -0.2) is 28.9 Å². The topological polar surface area (TPSA) is 97.1 Å². The highest BCUT2D eigenvalue weighted by Crippen LogP contribution is 2.14. The molecule has 0 aliphatic rings. The molecule has 1 aromatic rings. The van der Waals surface area contributed by atoms with Gasteiger partial charge in [0.05, 0.1) is 11.3 Å². The lowest BCUT2D eigenvalue weighted by Gasteiger charge is -2.22. The molecule has 1 aromatic heterocycles. The van der Waals surface area contributed by atoms with Gasteiger partial charge in [0.2, 0.25) is 5.91 Å². The van der Waals surface area contributed by atoms with Crippen LogP contribution in [0.1, 0.15) is 31.1 Å². The second-order valence-corrected chi connectivity index (χ2v) is 4.39. The van der Waals surface area contributed by atoms with Crippen molar-refractivity contribution in [3.63, 3.8) is 0 Å². The molecule has 0 bridgehead atoms. The fourth-order valence-corrected chi connectivity index (χ4v) is 1.33. The number of hydrogen-bond acceptors (Lipinski definition) is 4. The molecule has 6 heteroatoms. The van der Waals surface area contributed by atoms with Crippen LogP contribution in [0.3, 0.4) is 0 Å². The minimum Gasteiger partial charge on any atom is -0.385 e. The van der Waals surface area contributed by atoms with Crippen molar-refractivity contribution in [3.8, 4) is 0 Å². The Morgan fingerprint density at radius 3 is 2.67 bits per heavy atom. The Labute approximate surface area is 106 Å².